The van der Waals surface area contributed by atoms with Crippen LogP contribution in [0.5, 0.6) is 0 Å². The molecule has 1 aliphatic rings. The van der Waals surface area contributed by atoms with E-state index in [-0.39, 0.29) is 0 Å². The van der Waals surface area contributed by atoms with Gasteiger partial charge in [0.25, 0.3) is 0 Å². The fraction of sp³-hybridized carbons (Fsp3) is 1.00. The molecule has 0 aromatic rings. The molecule has 0 aromatic carbocycles. The molecule has 0 heterocycles. The number of hydrogen-bond donors (Lipinski definition) is 1. The Morgan fingerprint density at radius 3 is 2.31 bits per heavy atom. The highest BCUT2D eigenvalue weighted by Crippen LogP contribution is 2.44. The van der Waals surface area contributed by atoms with Crippen LogP contribution in [-0.2, 0) is 0 Å². The fourth-order valence-corrected chi connectivity index (χ4v) is 3.33. The zero-order chi connectivity index (χ0) is 12.2. The van der Waals surface area contributed by atoms with E-state index in [4.69, 9.17) is 0 Å². The quantitative estimate of drug-likeness (QED) is 0.760. The second-order valence-corrected chi connectivity index (χ2v) is 6.63. The second kappa shape index (κ2) is 6.05. The van der Waals surface area contributed by atoms with Crippen molar-refractivity contribution in [2.75, 3.05) is 13.1 Å². The lowest BCUT2D eigenvalue weighted by Crippen LogP contribution is -2.39. The zero-order valence-corrected chi connectivity index (χ0v) is 12.0. The van der Waals surface area contributed by atoms with Crippen molar-refractivity contribution in [1.29, 1.82) is 0 Å². The average molecular weight is 225 g/mol. The molecule has 1 saturated carbocycles. The molecule has 1 N–H and O–H groups in total. The highest BCUT2D eigenvalue weighted by molar-refractivity contribution is 4.87. The van der Waals surface area contributed by atoms with E-state index in [0.29, 0.717) is 5.41 Å². The lowest BCUT2D eigenvalue weighted by atomic mass is 9.63. The van der Waals surface area contributed by atoms with Crippen LogP contribution in [0.15, 0.2) is 0 Å². The van der Waals surface area contributed by atoms with Gasteiger partial charge in [0.1, 0.15) is 0 Å². The van der Waals surface area contributed by atoms with Crippen LogP contribution in [0.1, 0.15) is 60.3 Å². The molecule has 3 atom stereocenters. The van der Waals surface area contributed by atoms with E-state index in [0.717, 1.165) is 24.3 Å². The summed E-state index contributed by atoms with van der Waals surface area (Å²) in [7, 11) is 0. The normalized spacial score (nSPS) is 31.7. The molecule has 0 bridgehead atoms. The first-order valence-corrected chi connectivity index (χ1v) is 7.19. The molecule has 1 heteroatoms. The molecule has 96 valence electrons. The minimum absolute atomic E-state index is 0.480. The molecular formula is C15H31N. The first-order chi connectivity index (χ1) is 7.49. The van der Waals surface area contributed by atoms with E-state index in [1.54, 1.807) is 0 Å². The van der Waals surface area contributed by atoms with Crippen molar-refractivity contribution < 1.29 is 0 Å². The summed E-state index contributed by atoms with van der Waals surface area (Å²) in [5, 5.41) is 3.55. The smallest absolute Gasteiger partial charge is 0.00178 e. The Bertz CT molecular complexity index is 192. The van der Waals surface area contributed by atoms with E-state index in [2.05, 4.69) is 39.9 Å². The van der Waals surface area contributed by atoms with Gasteiger partial charge in [0, 0.05) is 0 Å². The van der Waals surface area contributed by atoms with Crippen molar-refractivity contribution >= 4 is 0 Å². The molecule has 0 spiro atoms. The maximum atomic E-state index is 3.55. The zero-order valence-electron chi connectivity index (χ0n) is 12.0. The summed E-state index contributed by atoms with van der Waals surface area (Å²) in [6, 6.07) is 0. The summed E-state index contributed by atoms with van der Waals surface area (Å²) < 4.78 is 0. The van der Waals surface area contributed by atoms with Crippen molar-refractivity contribution in [2.24, 2.45) is 23.2 Å². The maximum absolute atomic E-state index is 3.55. The predicted molar refractivity (Wildman–Crippen MR) is 72.6 cm³/mol. The van der Waals surface area contributed by atoms with Gasteiger partial charge in [-0.05, 0) is 49.1 Å². The third kappa shape index (κ3) is 3.76. The topological polar surface area (TPSA) is 12.0 Å². The molecule has 0 aliphatic heterocycles. The van der Waals surface area contributed by atoms with Crippen LogP contribution in [0.2, 0.25) is 0 Å². The van der Waals surface area contributed by atoms with Crippen LogP contribution in [0, 0.1) is 23.2 Å². The molecule has 3 unspecified atom stereocenters. The summed E-state index contributed by atoms with van der Waals surface area (Å²) in [5.41, 5.74) is 0.480. The molecule has 1 fully saturated rings. The van der Waals surface area contributed by atoms with Crippen molar-refractivity contribution in [2.45, 2.75) is 60.3 Å². The Hall–Kier alpha value is -0.0400. The van der Waals surface area contributed by atoms with Gasteiger partial charge in [-0.3, -0.25) is 0 Å². The van der Waals surface area contributed by atoms with Gasteiger partial charge >= 0.3 is 0 Å². The highest BCUT2D eigenvalue weighted by Gasteiger charge is 2.36. The van der Waals surface area contributed by atoms with E-state index in [9.17, 15) is 0 Å². The second-order valence-electron chi connectivity index (χ2n) is 6.63. The molecule has 1 rings (SSSR count). The van der Waals surface area contributed by atoms with Crippen LogP contribution in [0.25, 0.3) is 0 Å². The minimum Gasteiger partial charge on any atom is -0.317 e. The standard InChI is InChI=1S/C15H31N/c1-6-12-8-9-13(11-16-7-2)14(10-12)15(3,4)5/h12-14,16H,6-11H2,1-5H3. The Morgan fingerprint density at radius 2 is 1.81 bits per heavy atom. The van der Waals surface area contributed by atoms with Crippen molar-refractivity contribution in [3.63, 3.8) is 0 Å². The van der Waals surface area contributed by atoms with Crippen LogP contribution in [0.4, 0.5) is 0 Å². The monoisotopic (exact) mass is 225 g/mol. The van der Waals surface area contributed by atoms with E-state index < -0.39 is 0 Å². The first kappa shape index (κ1) is 14.0. The van der Waals surface area contributed by atoms with Gasteiger partial charge in [-0.15, -0.1) is 0 Å². The van der Waals surface area contributed by atoms with E-state index in [1.807, 2.05) is 0 Å². The van der Waals surface area contributed by atoms with Gasteiger partial charge in [0.2, 0.25) is 0 Å². The molecule has 0 amide bonds. The third-order valence-corrected chi connectivity index (χ3v) is 4.45. The van der Waals surface area contributed by atoms with Gasteiger partial charge < -0.3 is 5.32 Å². The van der Waals surface area contributed by atoms with E-state index in [1.165, 1.54) is 32.2 Å². The molecule has 0 aromatic heterocycles. The van der Waals surface area contributed by atoms with Crippen LogP contribution in [-0.4, -0.2) is 13.1 Å². The molecule has 1 aliphatic carbocycles. The van der Waals surface area contributed by atoms with Crippen molar-refractivity contribution in [1.82, 2.24) is 5.32 Å². The Labute approximate surface area is 102 Å². The highest BCUT2D eigenvalue weighted by atomic mass is 14.8. The SMILES string of the molecule is CCNCC1CCC(CC)CC1C(C)(C)C. The number of hydrogen-bond acceptors (Lipinski definition) is 1. The summed E-state index contributed by atoms with van der Waals surface area (Å²) in [6.45, 7) is 14.2. The number of rotatable bonds is 4. The van der Waals surface area contributed by atoms with Crippen LogP contribution >= 0.6 is 0 Å². The Morgan fingerprint density at radius 1 is 1.12 bits per heavy atom. The lowest BCUT2D eigenvalue weighted by Gasteiger charge is -2.43. The van der Waals surface area contributed by atoms with Gasteiger partial charge in [0.05, 0.1) is 0 Å². The molecular weight excluding hydrogens is 194 g/mol. The summed E-state index contributed by atoms with van der Waals surface area (Å²) in [4.78, 5) is 0. The number of nitrogens with one attached hydrogen (secondary N) is 1. The summed E-state index contributed by atoms with van der Waals surface area (Å²) >= 11 is 0. The van der Waals surface area contributed by atoms with Gasteiger partial charge in [-0.2, -0.15) is 0 Å². The predicted octanol–water partition coefficient (Wildman–Crippen LogP) is 4.08. The van der Waals surface area contributed by atoms with Crippen LogP contribution in [0.3, 0.4) is 0 Å². The largest absolute Gasteiger partial charge is 0.317 e. The Kier molecular flexibility index (Phi) is 5.30. The van der Waals surface area contributed by atoms with Gasteiger partial charge in [-0.1, -0.05) is 47.5 Å². The average Bonchev–Trinajstić information content (AvgIpc) is 2.25. The lowest BCUT2D eigenvalue weighted by molar-refractivity contribution is 0.0745. The molecule has 0 radical (unpaired) electrons. The maximum Gasteiger partial charge on any atom is -0.00178 e. The van der Waals surface area contributed by atoms with Crippen LogP contribution < -0.4 is 5.32 Å². The molecule has 16 heavy (non-hydrogen) atoms. The van der Waals surface area contributed by atoms with Gasteiger partial charge in [-0.25, -0.2) is 0 Å². The molecule has 1 nitrogen and oxygen atoms in total. The summed E-state index contributed by atoms with van der Waals surface area (Å²) in [5.74, 6) is 2.80. The third-order valence-electron chi connectivity index (χ3n) is 4.45. The molecule has 0 saturated heterocycles. The fourth-order valence-electron chi connectivity index (χ4n) is 3.33. The minimum atomic E-state index is 0.480. The summed E-state index contributed by atoms with van der Waals surface area (Å²) in [6.07, 6.45) is 5.73. The van der Waals surface area contributed by atoms with Crippen molar-refractivity contribution in [3.05, 3.63) is 0 Å². The van der Waals surface area contributed by atoms with Crippen molar-refractivity contribution in [3.8, 4) is 0 Å². The van der Waals surface area contributed by atoms with E-state index >= 15 is 0 Å². The first-order valence-electron chi connectivity index (χ1n) is 7.19. The Balaban J connectivity index is 2.60. The van der Waals surface area contributed by atoms with Gasteiger partial charge in [0.15, 0.2) is 0 Å².